The van der Waals surface area contributed by atoms with E-state index in [-0.39, 0.29) is 0 Å². The van der Waals surface area contributed by atoms with Crippen LogP contribution in [0.4, 0.5) is 0 Å². The highest BCUT2D eigenvalue weighted by Crippen LogP contribution is 2.52. The minimum Gasteiger partial charge on any atom is -0.0616 e. The zero-order valence-corrected chi connectivity index (χ0v) is 35.9. The highest BCUT2D eigenvalue weighted by Gasteiger charge is 2.24. The topological polar surface area (TPSA) is 0 Å². The van der Waals surface area contributed by atoms with Gasteiger partial charge in [0, 0.05) is 0 Å². The molecule has 0 saturated carbocycles. The van der Waals surface area contributed by atoms with Gasteiger partial charge in [-0.2, -0.15) is 0 Å². The first-order valence-corrected chi connectivity index (χ1v) is 22.7. The SMILES string of the molecule is Cc1cccc2c(-c3c4ccccc4c(-c4cccc5cc6ccc7ccccc7c6cc45)c4ccccc34)c3ccccc3c(-c3cccc4cc5ccc6ccccc6c5cc34)c12. The third-order valence-corrected chi connectivity index (χ3v) is 14.5. The Balaban J connectivity index is 1.10. The molecule has 0 aliphatic heterocycles. The number of rotatable bonds is 3. The maximum atomic E-state index is 2.45. The van der Waals surface area contributed by atoms with E-state index in [1.54, 1.807) is 0 Å². The summed E-state index contributed by atoms with van der Waals surface area (Å²) in [4.78, 5) is 0. The van der Waals surface area contributed by atoms with Crippen molar-refractivity contribution in [3.63, 3.8) is 0 Å². The summed E-state index contributed by atoms with van der Waals surface area (Å²) in [6, 6.07) is 84.4. The van der Waals surface area contributed by atoms with Crippen LogP contribution in [-0.4, -0.2) is 0 Å². The Kier molecular flexibility index (Phi) is 7.71. The molecule has 300 valence electrons. The molecule has 0 heteroatoms. The van der Waals surface area contributed by atoms with Gasteiger partial charge in [-0.1, -0.05) is 200 Å². The van der Waals surface area contributed by atoms with Crippen LogP contribution in [0.15, 0.2) is 224 Å². The lowest BCUT2D eigenvalue weighted by Crippen LogP contribution is -1.96. The minimum atomic E-state index is 1.25. The van der Waals surface area contributed by atoms with Crippen LogP contribution in [0.25, 0.3) is 141 Å². The summed E-state index contributed by atoms with van der Waals surface area (Å²) < 4.78 is 0. The molecule has 0 aliphatic rings. The van der Waals surface area contributed by atoms with Gasteiger partial charge >= 0.3 is 0 Å². The molecular weight excluding hydrogens is 781 g/mol. The third kappa shape index (κ3) is 5.26. The van der Waals surface area contributed by atoms with E-state index in [1.165, 1.54) is 147 Å². The maximum Gasteiger partial charge on any atom is -0.00138 e. The summed E-state index contributed by atoms with van der Waals surface area (Å²) in [6.07, 6.45) is 0. The molecule has 0 nitrogen and oxygen atoms in total. The molecule has 14 aromatic carbocycles. The normalized spacial score (nSPS) is 12.1. The Morgan fingerprint density at radius 2 is 0.538 bits per heavy atom. The highest BCUT2D eigenvalue weighted by atomic mass is 14.3. The van der Waals surface area contributed by atoms with Gasteiger partial charge < -0.3 is 0 Å². The van der Waals surface area contributed by atoms with Gasteiger partial charge in [0.1, 0.15) is 0 Å². The van der Waals surface area contributed by atoms with Crippen molar-refractivity contribution < 1.29 is 0 Å². The van der Waals surface area contributed by atoms with Gasteiger partial charge in [0.05, 0.1) is 0 Å². The van der Waals surface area contributed by atoms with Crippen LogP contribution in [0.2, 0.25) is 0 Å². The highest BCUT2D eigenvalue weighted by molar-refractivity contribution is 6.32. The Bertz CT molecular complexity index is 4300. The van der Waals surface area contributed by atoms with E-state index >= 15 is 0 Å². The number of aryl methyl sites for hydroxylation is 1. The molecule has 0 heterocycles. The summed E-state index contributed by atoms with van der Waals surface area (Å²) in [7, 11) is 0. The van der Waals surface area contributed by atoms with Gasteiger partial charge in [-0.3, -0.25) is 0 Å². The second-order valence-electron chi connectivity index (χ2n) is 17.9. The number of benzene rings is 14. The molecule has 0 aromatic heterocycles. The molecule has 0 atom stereocenters. The second kappa shape index (κ2) is 13.8. The van der Waals surface area contributed by atoms with Crippen LogP contribution >= 0.6 is 0 Å². The second-order valence-corrected chi connectivity index (χ2v) is 17.9. The molecule has 14 aromatic rings. The van der Waals surface area contributed by atoms with Gasteiger partial charge in [-0.05, 0) is 178 Å². The van der Waals surface area contributed by atoms with Gasteiger partial charge in [0.25, 0.3) is 0 Å². The fourth-order valence-corrected chi connectivity index (χ4v) is 11.6. The van der Waals surface area contributed by atoms with Crippen molar-refractivity contribution in [3.8, 4) is 33.4 Å². The zero-order valence-electron chi connectivity index (χ0n) is 35.9. The Labute approximate surface area is 376 Å². The first kappa shape index (κ1) is 36.2. The quantitative estimate of drug-likeness (QED) is 0.123. The van der Waals surface area contributed by atoms with E-state index in [2.05, 4.69) is 231 Å². The largest absolute Gasteiger partial charge is 0.0616 e. The standard InChI is InChI=1S/C65H40/c1-39-15-12-30-56-61(39)63(55-29-14-19-43-36-45-34-32-41-17-3-5-21-47(41)58(45)38-60(43)55)52-26-10-11-27-53(52)65(56)64-50-24-8-6-22-48(50)62(49-23-7-9-25-51(49)64)54-28-13-18-42-35-44-33-31-40-16-2-4-20-46(40)57(44)37-59(42)54/h2-38H,1H3. The van der Waals surface area contributed by atoms with Crippen LogP contribution in [0.5, 0.6) is 0 Å². The maximum absolute atomic E-state index is 2.45. The molecule has 0 saturated heterocycles. The lowest BCUT2D eigenvalue weighted by molar-refractivity contribution is 1.53. The fourth-order valence-electron chi connectivity index (χ4n) is 11.6. The predicted octanol–water partition coefficient (Wildman–Crippen LogP) is 18.5. The van der Waals surface area contributed by atoms with Crippen molar-refractivity contribution in [1.29, 1.82) is 0 Å². The van der Waals surface area contributed by atoms with Crippen molar-refractivity contribution in [3.05, 3.63) is 230 Å². The van der Waals surface area contributed by atoms with Crippen LogP contribution in [0.3, 0.4) is 0 Å². The Hall–Kier alpha value is -8.32. The summed E-state index contributed by atoms with van der Waals surface area (Å²) in [5, 5.41) is 25.4. The van der Waals surface area contributed by atoms with Crippen LogP contribution in [0, 0.1) is 6.92 Å². The monoisotopic (exact) mass is 820 g/mol. The van der Waals surface area contributed by atoms with Gasteiger partial charge in [-0.25, -0.2) is 0 Å². The summed E-state index contributed by atoms with van der Waals surface area (Å²) in [5.74, 6) is 0. The number of fused-ring (bicyclic) bond motifs is 12. The van der Waals surface area contributed by atoms with E-state index < -0.39 is 0 Å². The molecule has 65 heavy (non-hydrogen) atoms. The average Bonchev–Trinajstić information content (AvgIpc) is 3.36. The number of hydrogen-bond donors (Lipinski definition) is 0. The Morgan fingerprint density at radius 1 is 0.200 bits per heavy atom. The molecule has 0 amide bonds. The first-order chi connectivity index (χ1) is 32.2. The summed E-state index contributed by atoms with van der Waals surface area (Å²) in [6.45, 7) is 2.30. The van der Waals surface area contributed by atoms with E-state index in [1.807, 2.05) is 0 Å². The van der Waals surface area contributed by atoms with Crippen molar-refractivity contribution in [1.82, 2.24) is 0 Å². The average molecular weight is 821 g/mol. The molecule has 0 bridgehead atoms. The van der Waals surface area contributed by atoms with Crippen LogP contribution in [0.1, 0.15) is 5.56 Å². The molecule has 14 rings (SSSR count). The molecular formula is C65H40. The summed E-state index contributed by atoms with van der Waals surface area (Å²) in [5.41, 5.74) is 8.94. The summed E-state index contributed by atoms with van der Waals surface area (Å²) >= 11 is 0. The van der Waals surface area contributed by atoms with Gasteiger partial charge in [-0.15, -0.1) is 0 Å². The van der Waals surface area contributed by atoms with Crippen molar-refractivity contribution in [2.75, 3.05) is 0 Å². The van der Waals surface area contributed by atoms with Crippen molar-refractivity contribution in [2.24, 2.45) is 0 Å². The fraction of sp³-hybridized carbons (Fsp3) is 0.0154. The van der Waals surface area contributed by atoms with E-state index in [0.717, 1.165) is 0 Å². The molecule has 0 spiro atoms. The lowest BCUT2D eigenvalue weighted by atomic mass is 9.79. The molecule has 0 radical (unpaired) electrons. The van der Waals surface area contributed by atoms with E-state index in [4.69, 9.17) is 0 Å². The lowest BCUT2D eigenvalue weighted by Gasteiger charge is -2.23. The molecule has 0 fully saturated rings. The van der Waals surface area contributed by atoms with Gasteiger partial charge in [0.15, 0.2) is 0 Å². The molecule has 0 unspecified atom stereocenters. The molecule has 0 N–H and O–H groups in total. The Morgan fingerprint density at radius 3 is 1.05 bits per heavy atom. The molecule has 0 aliphatic carbocycles. The van der Waals surface area contributed by atoms with Crippen LogP contribution < -0.4 is 0 Å². The minimum absolute atomic E-state index is 1.25. The predicted molar refractivity (Wildman–Crippen MR) is 283 cm³/mol. The van der Waals surface area contributed by atoms with Crippen LogP contribution in [-0.2, 0) is 0 Å². The van der Waals surface area contributed by atoms with Crippen molar-refractivity contribution in [2.45, 2.75) is 6.92 Å². The van der Waals surface area contributed by atoms with E-state index in [0.29, 0.717) is 0 Å². The smallest absolute Gasteiger partial charge is 0.00138 e. The first-order valence-electron chi connectivity index (χ1n) is 22.7. The number of hydrogen-bond acceptors (Lipinski definition) is 0. The van der Waals surface area contributed by atoms with Crippen molar-refractivity contribution >= 4 is 108 Å². The van der Waals surface area contributed by atoms with E-state index in [9.17, 15) is 0 Å². The zero-order chi connectivity index (χ0) is 42.8. The van der Waals surface area contributed by atoms with Gasteiger partial charge in [0.2, 0.25) is 0 Å². The third-order valence-electron chi connectivity index (χ3n) is 14.5.